The normalized spacial score (nSPS) is 16.5. The molecule has 0 saturated heterocycles. The Balaban J connectivity index is 1.97. The first-order valence-corrected chi connectivity index (χ1v) is 9.27. The van der Waals surface area contributed by atoms with Gasteiger partial charge < -0.3 is 15.5 Å². The van der Waals surface area contributed by atoms with E-state index in [0.717, 1.165) is 11.1 Å². The molecule has 0 atom stereocenters. The molecule has 0 saturated carbocycles. The van der Waals surface area contributed by atoms with Gasteiger partial charge in [0.1, 0.15) is 5.76 Å². The minimum absolute atomic E-state index is 0.129. The van der Waals surface area contributed by atoms with Crippen LogP contribution in [0.4, 0.5) is 10.5 Å². The number of nitrogens with two attached hydrogens (primary N) is 1. The molecule has 7 nitrogen and oxygen atoms in total. The predicted molar refractivity (Wildman–Crippen MR) is 109 cm³/mol. The molecule has 1 aliphatic carbocycles. The molecule has 8 heteroatoms. The summed E-state index contributed by atoms with van der Waals surface area (Å²) in [6.45, 7) is 7.82. The number of aryl methyl sites for hydroxylation is 1. The van der Waals surface area contributed by atoms with Gasteiger partial charge in [-0.25, -0.2) is 10.2 Å². The van der Waals surface area contributed by atoms with Crippen LogP contribution >= 0.6 is 11.6 Å². The number of nitrogens with one attached hydrogen (secondary N) is 2. The number of carbonyl (C=O) groups excluding carboxylic acids is 2. The van der Waals surface area contributed by atoms with Gasteiger partial charge in [-0.1, -0.05) is 25.4 Å². The summed E-state index contributed by atoms with van der Waals surface area (Å²) < 4.78 is 5.94. The summed E-state index contributed by atoms with van der Waals surface area (Å²) in [5, 5.41) is 7.62. The molecule has 4 N–H and O–H groups in total. The first kappa shape index (κ1) is 19.9. The fourth-order valence-electron chi connectivity index (χ4n) is 3.50. The summed E-state index contributed by atoms with van der Waals surface area (Å²) in [6.07, 6.45) is 1.28. The molecule has 1 heterocycles. The SMILES string of the molecule is Cc1cc(Cl)ccc1NC(=O)c1oc2c(c1C)/C(=N\NC(N)=O)CC(C)(C)C2. The van der Waals surface area contributed by atoms with Crippen LogP contribution in [0, 0.1) is 19.3 Å². The lowest BCUT2D eigenvalue weighted by molar-refractivity contribution is 0.0992. The van der Waals surface area contributed by atoms with Gasteiger partial charge in [0.25, 0.3) is 5.91 Å². The first-order chi connectivity index (χ1) is 13.1. The number of nitrogens with zero attached hydrogens (tertiary/aromatic N) is 1. The molecule has 2 aromatic rings. The number of fused-ring (bicyclic) bond motifs is 1. The Morgan fingerprint density at radius 2 is 1.96 bits per heavy atom. The van der Waals surface area contributed by atoms with Crippen LogP contribution in [-0.2, 0) is 6.42 Å². The number of hydrazone groups is 1. The van der Waals surface area contributed by atoms with Crippen molar-refractivity contribution in [3.63, 3.8) is 0 Å². The van der Waals surface area contributed by atoms with Crippen LogP contribution in [0.15, 0.2) is 27.7 Å². The van der Waals surface area contributed by atoms with Crippen LogP contribution in [-0.4, -0.2) is 17.6 Å². The number of hydrogen-bond donors (Lipinski definition) is 3. The van der Waals surface area contributed by atoms with Gasteiger partial charge in [-0.3, -0.25) is 4.79 Å². The van der Waals surface area contributed by atoms with E-state index in [1.807, 2.05) is 13.8 Å². The molecule has 0 spiro atoms. The number of anilines is 1. The molecule has 0 fully saturated rings. The number of urea groups is 1. The van der Waals surface area contributed by atoms with Crippen molar-refractivity contribution in [1.29, 1.82) is 0 Å². The average molecular weight is 403 g/mol. The van der Waals surface area contributed by atoms with E-state index in [4.69, 9.17) is 21.8 Å². The Hall–Kier alpha value is -2.80. The van der Waals surface area contributed by atoms with E-state index in [9.17, 15) is 9.59 Å². The minimum Gasteiger partial charge on any atom is -0.455 e. The second-order valence-electron chi connectivity index (χ2n) is 7.82. The van der Waals surface area contributed by atoms with Gasteiger partial charge in [-0.15, -0.1) is 0 Å². The number of halogens is 1. The topological polar surface area (TPSA) is 110 Å². The third-order valence-electron chi connectivity index (χ3n) is 4.74. The van der Waals surface area contributed by atoms with Crippen molar-refractivity contribution in [1.82, 2.24) is 5.43 Å². The van der Waals surface area contributed by atoms with Gasteiger partial charge >= 0.3 is 6.03 Å². The van der Waals surface area contributed by atoms with Gasteiger partial charge in [0.05, 0.1) is 5.71 Å². The third-order valence-corrected chi connectivity index (χ3v) is 4.97. The van der Waals surface area contributed by atoms with Crippen molar-refractivity contribution < 1.29 is 14.0 Å². The highest BCUT2D eigenvalue weighted by molar-refractivity contribution is 6.30. The van der Waals surface area contributed by atoms with E-state index in [2.05, 4.69) is 29.7 Å². The number of amides is 3. The molecular formula is C20H23ClN4O3. The molecule has 0 bridgehead atoms. The molecule has 3 rings (SSSR count). The van der Waals surface area contributed by atoms with Crippen LogP contribution in [0.2, 0.25) is 5.02 Å². The third kappa shape index (κ3) is 4.04. The molecule has 28 heavy (non-hydrogen) atoms. The van der Waals surface area contributed by atoms with Gasteiger partial charge in [-0.05, 0) is 49.4 Å². The van der Waals surface area contributed by atoms with Crippen molar-refractivity contribution in [2.24, 2.45) is 16.3 Å². The molecule has 0 aliphatic heterocycles. The molecule has 0 unspecified atom stereocenters. The van der Waals surface area contributed by atoms with Crippen LogP contribution < -0.4 is 16.5 Å². The average Bonchev–Trinajstić information content (AvgIpc) is 2.90. The van der Waals surface area contributed by atoms with Crippen LogP contribution in [0.1, 0.15) is 53.3 Å². The highest BCUT2D eigenvalue weighted by atomic mass is 35.5. The van der Waals surface area contributed by atoms with Gasteiger partial charge in [0, 0.05) is 28.3 Å². The number of hydrogen-bond acceptors (Lipinski definition) is 4. The highest BCUT2D eigenvalue weighted by Crippen LogP contribution is 2.39. The summed E-state index contributed by atoms with van der Waals surface area (Å²) >= 11 is 5.98. The smallest absolute Gasteiger partial charge is 0.332 e. The lowest BCUT2D eigenvalue weighted by Gasteiger charge is -2.29. The second kappa shape index (κ2) is 7.31. The lowest BCUT2D eigenvalue weighted by atomic mass is 9.75. The summed E-state index contributed by atoms with van der Waals surface area (Å²) in [7, 11) is 0. The van der Waals surface area contributed by atoms with E-state index in [1.54, 1.807) is 18.2 Å². The summed E-state index contributed by atoms with van der Waals surface area (Å²) in [5.74, 6) is 0.554. The van der Waals surface area contributed by atoms with Crippen molar-refractivity contribution in [3.05, 3.63) is 51.4 Å². The number of rotatable bonds is 3. The van der Waals surface area contributed by atoms with Crippen molar-refractivity contribution in [2.75, 3.05) is 5.32 Å². The molecule has 1 aromatic carbocycles. The monoisotopic (exact) mass is 402 g/mol. The maximum absolute atomic E-state index is 12.9. The van der Waals surface area contributed by atoms with E-state index in [1.165, 1.54) is 0 Å². The van der Waals surface area contributed by atoms with E-state index in [-0.39, 0.29) is 17.1 Å². The first-order valence-electron chi connectivity index (χ1n) is 8.89. The predicted octanol–water partition coefficient (Wildman–Crippen LogP) is 4.15. The zero-order valence-electron chi connectivity index (χ0n) is 16.3. The Morgan fingerprint density at radius 1 is 1.25 bits per heavy atom. The van der Waals surface area contributed by atoms with Crippen LogP contribution in [0.5, 0.6) is 0 Å². The van der Waals surface area contributed by atoms with Gasteiger partial charge in [0.15, 0.2) is 5.76 Å². The molecule has 1 aromatic heterocycles. The molecule has 0 radical (unpaired) electrons. The van der Waals surface area contributed by atoms with E-state index in [0.29, 0.717) is 40.6 Å². The summed E-state index contributed by atoms with van der Waals surface area (Å²) in [4.78, 5) is 23.9. The van der Waals surface area contributed by atoms with E-state index >= 15 is 0 Å². The molecule has 1 aliphatic rings. The largest absolute Gasteiger partial charge is 0.455 e. The standard InChI is InChI=1S/C20H23ClN4O3/c1-10-7-12(21)5-6-13(10)23-18(26)17-11(2)16-14(24-25-19(22)27)8-20(3,4)9-15(16)28-17/h5-7H,8-9H2,1-4H3,(H,23,26)(H3,22,25,27)/b24-14-. The lowest BCUT2D eigenvalue weighted by Crippen LogP contribution is -2.31. The van der Waals surface area contributed by atoms with Gasteiger partial charge in [0.2, 0.25) is 0 Å². The zero-order valence-corrected chi connectivity index (χ0v) is 17.0. The quantitative estimate of drug-likeness (QED) is 0.670. The molecule has 148 valence electrons. The Bertz CT molecular complexity index is 992. The second-order valence-corrected chi connectivity index (χ2v) is 8.26. The molecular weight excluding hydrogens is 380 g/mol. The highest BCUT2D eigenvalue weighted by Gasteiger charge is 2.36. The Morgan fingerprint density at radius 3 is 2.61 bits per heavy atom. The van der Waals surface area contributed by atoms with E-state index < -0.39 is 6.03 Å². The van der Waals surface area contributed by atoms with Gasteiger partial charge in [-0.2, -0.15) is 5.10 Å². The fourth-order valence-corrected chi connectivity index (χ4v) is 3.72. The van der Waals surface area contributed by atoms with Crippen LogP contribution in [0.25, 0.3) is 0 Å². The summed E-state index contributed by atoms with van der Waals surface area (Å²) in [5.41, 5.74) is 10.9. The van der Waals surface area contributed by atoms with Crippen LogP contribution in [0.3, 0.4) is 0 Å². The maximum atomic E-state index is 12.9. The molecule has 3 amide bonds. The minimum atomic E-state index is -0.741. The number of primary amides is 1. The zero-order chi connectivity index (χ0) is 20.6. The maximum Gasteiger partial charge on any atom is 0.332 e. The fraction of sp³-hybridized carbons (Fsp3) is 0.350. The Kier molecular flexibility index (Phi) is 5.21. The number of carbonyl (C=O) groups is 2. The van der Waals surface area contributed by atoms with Crippen molar-refractivity contribution in [3.8, 4) is 0 Å². The van der Waals surface area contributed by atoms with Crippen molar-refractivity contribution in [2.45, 2.75) is 40.5 Å². The number of benzene rings is 1. The summed E-state index contributed by atoms with van der Waals surface area (Å²) in [6, 6.07) is 4.50. The Labute approximate surface area is 168 Å². The van der Waals surface area contributed by atoms with Crippen molar-refractivity contribution >= 4 is 34.9 Å². The number of furan rings is 1.